The van der Waals surface area contributed by atoms with Gasteiger partial charge in [0.1, 0.15) is 0 Å². The van der Waals surface area contributed by atoms with Crippen molar-refractivity contribution in [1.82, 2.24) is 20.5 Å². The monoisotopic (exact) mass is 398 g/mol. The van der Waals surface area contributed by atoms with Crippen molar-refractivity contribution in [1.29, 1.82) is 0 Å². The second kappa shape index (κ2) is 10.4. The van der Waals surface area contributed by atoms with Gasteiger partial charge in [0, 0.05) is 36.1 Å². The quantitative estimate of drug-likeness (QED) is 0.569. The molecule has 1 saturated heterocycles. The lowest BCUT2D eigenvalue weighted by atomic mass is 9.95. The maximum absolute atomic E-state index is 12.6. The summed E-state index contributed by atoms with van der Waals surface area (Å²) in [6.45, 7) is 7.07. The molecule has 2 amide bonds. The number of carbonyl (C=O) groups is 2. The van der Waals surface area contributed by atoms with Crippen LogP contribution in [0, 0.1) is 5.92 Å². The molecule has 0 radical (unpaired) electrons. The third-order valence-electron chi connectivity index (χ3n) is 6.03. The standard InChI is InChI=1S/C23H34N4O2/c1-3-4-12-24-23(29)18-10-14-27(15-11-18)17(2)22(28)25-13-9-19-16-26-21-8-6-5-7-20(19)21/h5-8,16-18,26H,3-4,9-15H2,1-2H3,(H,24,29)(H,25,28). The Morgan fingerprint density at radius 3 is 2.69 bits per heavy atom. The van der Waals surface area contributed by atoms with Crippen LogP contribution in [0.25, 0.3) is 10.9 Å². The van der Waals surface area contributed by atoms with E-state index >= 15 is 0 Å². The molecule has 3 N–H and O–H groups in total. The first-order chi connectivity index (χ1) is 14.1. The summed E-state index contributed by atoms with van der Waals surface area (Å²) in [6, 6.07) is 8.06. The molecule has 1 unspecified atom stereocenters. The fourth-order valence-electron chi connectivity index (χ4n) is 4.05. The Morgan fingerprint density at radius 2 is 1.93 bits per heavy atom. The SMILES string of the molecule is CCCCNC(=O)C1CCN(C(C)C(=O)NCCc2c[nH]c3ccccc23)CC1. The van der Waals surface area contributed by atoms with E-state index < -0.39 is 0 Å². The predicted molar refractivity (Wildman–Crippen MR) is 117 cm³/mol. The molecule has 1 fully saturated rings. The number of fused-ring (bicyclic) bond motifs is 1. The van der Waals surface area contributed by atoms with Gasteiger partial charge in [-0.1, -0.05) is 31.5 Å². The molecule has 29 heavy (non-hydrogen) atoms. The summed E-state index contributed by atoms with van der Waals surface area (Å²) >= 11 is 0. The summed E-state index contributed by atoms with van der Waals surface area (Å²) in [5.74, 6) is 0.324. The number of nitrogens with one attached hydrogen (secondary N) is 3. The molecular formula is C23H34N4O2. The molecule has 1 aliphatic rings. The molecule has 2 aromatic rings. The minimum absolute atomic E-state index is 0.0655. The summed E-state index contributed by atoms with van der Waals surface area (Å²) in [7, 11) is 0. The zero-order valence-corrected chi connectivity index (χ0v) is 17.7. The van der Waals surface area contributed by atoms with E-state index in [1.807, 2.05) is 25.3 Å². The van der Waals surface area contributed by atoms with Crippen LogP contribution >= 0.6 is 0 Å². The number of hydrogen-bond acceptors (Lipinski definition) is 3. The van der Waals surface area contributed by atoms with E-state index in [0.29, 0.717) is 6.54 Å². The highest BCUT2D eigenvalue weighted by atomic mass is 16.2. The molecular weight excluding hydrogens is 364 g/mol. The number of likely N-dealkylation sites (tertiary alicyclic amines) is 1. The van der Waals surface area contributed by atoms with Gasteiger partial charge >= 0.3 is 0 Å². The number of unbranched alkanes of at least 4 members (excludes halogenated alkanes) is 1. The third kappa shape index (κ3) is 5.60. The van der Waals surface area contributed by atoms with Gasteiger partial charge in [-0.25, -0.2) is 0 Å². The van der Waals surface area contributed by atoms with Crippen LogP contribution in [-0.4, -0.2) is 53.9 Å². The topological polar surface area (TPSA) is 77.2 Å². The molecule has 1 atom stereocenters. The number of nitrogens with zero attached hydrogens (tertiary/aromatic N) is 1. The van der Waals surface area contributed by atoms with Crippen LogP contribution in [0.5, 0.6) is 0 Å². The normalized spacial score (nSPS) is 16.6. The van der Waals surface area contributed by atoms with Crippen molar-refractivity contribution >= 4 is 22.7 Å². The van der Waals surface area contributed by atoms with Gasteiger partial charge in [-0.05, 0) is 57.3 Å². The number of para-hydroxylation sites is 1. The number of aromatic amines is 1. The number of hydrogen-bond donors (Lipinski definition) is 3. The van der Waals surface area contributed by atoms with Crippen molar-refractivity contribution in [2.24, 2.45) is 5.92 Å². The van der Waals surface area contributed by atoms with E-state index in [1.165, 1.54) is 10.9 Å². The smallest absolute Gasteiger partial charge is 0.237 e. The summed E-state index contributed by atoms with van der Waals surface area (Å²) in [5.41, 5.74) is 2.35. The van der Waals surface area contributed by atoms with Gasteiger partial charge in [0.05, 0.1) is 6.04 Å². The second-order valence-electron chi connectivity index (χ2n) is 8.03. The van der Waals surface area contributed by atoms with E-state index in [2.05, 4.69) is 39.6 Å². The predicted octanol–water partition coefficient (Wildman–Crippen LogP) is 2.84. The van der Waals surface area contributed by atoms with Gasteiger partial charge < -0.3 is 15.6 Å². The molecule has 1 aliphatic heterocycles. The van der Waals surface area contributed by atoms with Gasteiger partial charge in [-0.15, -0.1) is 0 Å². The van der Waals surface area contributed by atoms with Crippen LogP contribution in [0.3, 0.4) is 0 Å². The fourth-order valence-corrected chi connectivity index (χ4v) is 4.05. The highest BCUT2D eigenvalue weighted by molar-refractivity contribution is 5.84. The zero-order valence-electron chi connectivity index (χ0n) is 17.7. The lowest BCUT2D eigenvalue weighted by molar-refractivity contribution is -0.128. The number of amides is 2. The Labute approximate surface area is 173 Å². The molecule has 1 aromatic carbocycles. The minimum Gasteiger partial charge on any atom is -0.361 e. The first-order valence-corrected chi connectivity index (χ1v) is 10.9. The highest BCUT2D eigenvalue weighted by Crippen LogP contribution is 2.20. The van der Waals surface area contributed by atoms with Gasteiger partial charge in [0.2, 0.25) is 11.8 Å². The van der Waals surface area contributed by atoms with E-state index in [-0.39, 0.29) is 23.8 Å². The van der Waals surface area contributed by atoms with Crippen molar-refractivity contribution in [2.75, 3.05) is 26.2 Å². The maximum Gasteiger partial charge on any atom is 0.237 e. The largest absolute Gasteiger partial charge is 0.361 e. The Bertz CT molecular complexity index is 808. The molecule has 0 spiro atoms. The summed E-state index contributed by atoms with van der Waals surface area (Å²) in [4.78, 5) is 30.3. The van der Waals surface area contributed by atoms with E-state index in [9.17, 15) is 9.59 Å². The molecule has 0 saturated carbocycles. The van der Waals surface area contributed by atoms with Crippen molar-refractivity contribution in [3.8, 4) is 0 Å². The van der Waals surface area contributed by atoms with Gasteiger partial charge in [0.15, 0.2) is 0 Å². The van der Waals surface area contributed by atoms with Gasteiger partial charge in [-0.3, -0.25) is 14.5 Å². The molecule has 1 aromatic heterocycles. The van der Waals surface area contributed by atoms with Crippen LogP contribution in [0.4, 0.5) is 0 Å². The lowest BCUT2D eigenvalue weighted by Gasteiger charge is -2.34. The molecule has 2 heterocycles. The second-order valence-corrected chi connectivity index (χ2v) is 8.03. The zero-order chi connectivity index (χ0) is 20.6. The Morgan fingerprint density at radius 1 is 1.17 bits per heavy atom. The number of piperidine rings is 1. The number of aromatic nitrogens is 1. The van der Waals surface area contributed by atoms with E-state index in [0.717, 1.165) is 57.3 Å². The minimum atomic E-state index is -0.165. The summed E-state index contributed by atoms with van der Waals surface area (Å²) < 4.78 is 0. The van der Waals surface area contributed by atoms with Crippen LogP contribution < -0.4 is 10.6 Å². The van der Waals surface area contributed by atoms with E-state index in [4.69, 9.17) is 0 Å². The molecule has 0 bridgehead atoms. The molecule has 6 nitrogen and oxygen atoms in total. The number of H-pyrrole nitrogens is 1. The molecule has 3 rings (SSSR count). The first-order valence-electron chi connectivity index (χ1n) is 10.9. The van der Waals surface area contributed by atoms with Gasteiger partial charge in [0.25, 0.3) is 0 Å². The van der Waals surface area contributed by atoms with Crippen molar-refractivity contribution in [2.45, 2.75) is 52.0 Å². The first kappa shape index (κ1) is 21.4. The van der Waals surface area contributed by atoms with Crippen molar-refractivity contribution in [3.63, 3.8) is 0 Å². The van der Waals surface area contributed by atoms with Crippen molar-refractivity contribution < 1.29 is 9.59 Å². The fraction of sp³-hybridized carbons (Fsp3) is 0.565. The van der Waals surface area contributed by atoms with Crippen LogP contribution in [0.15, 0.2) is 30.5 Å². The van der Waals surface area contributed by atoms with Crippen LogP contribution in [0.1, 0.15) is 45.1 Å². The average molecular weight is 399 g/mol. The van der Waals surface area contributed by atoms with Crippen LogP contribution in [-0.2, 0) is 16.0 Å². The maximum atomic E-state index is 12.6. The van der Waals surface area contributed by atoms with Gasteiger partial charge in [-0.2, -0.15) is 0 Å². The molecule has 158 valence electrons. The van der Waals surface area contributed by atoms with E-state index in [1.54, 1.807) is 0 Å². The summed E-state index contributed by atoms with van der Waals surface area (Å²) in [5, 5.41) is 7.33. The van der Waals surface area contributed by atoms with Crippen molar-refractivity contribution in [3.05, 3.63) is 36.0 Å². The molecule has 0 aliphatic carbocycles. The Kier molecular flexibility index (Phi) is 7.69. The van der Waals surface area contributed by atoms with Crippen LogP contribution in [0.2, 0.25) is 0 Å². The Balaban J connectivity index is 1.40. The summed E-state index contributed by atoms with van der Waals surface area (Å²) in [6.07, 6.45) is 6.60. The number of benzene rings is 1. The number of rotatable bonds is 9. The Hall–Kier alpha value is -2.34. The average Bonchev–Trinajstić information content (AvgIpc) is 3.16. The third-order valence-corrected chi connectivity index (χ3v) is 6.03. The lowest BCUT2D eigenvalue weighted by Crippen LogP contribution is -2.50. The molecule has 6 heteroatoms. The number of carbonyl (C=O) groups excluding carboxylic acids is 2. The highest BCUT2D eigenvalue weighted by Gasteiger charge is 2.29.